The van der Waals surface area contributed by atoms with Crippen molar-refractivity contribution in [2.45, 2.75) is 18.9 Å². The maximum Gasteiger partial charge on any atom is 0.252 e. The number of fused-ring (bicyclic) bond motifs is 1. The van der Waals surface area contributed by atoms with Gasteiger partial charge in [-0.3, -0.25) is 4.79 Å². The van der Waals surface area contributed by atoms with Crippen molar-refractivity contribution >= 4 is 16.7 Å². The van der Waals surface area contributed by atoms with Crippen LogP contribution in [-0.2, 0) is 12.8 Å². The lowest BCUT2D eigenvalue weighted by Gasteiger charge is -2.26. The molecule has 0 aromatic heterocycles. The number of aryl methyl sites for hydroxylation is 2. The number of amides is 1. The summed E-state index contributed by atoms with van der Waals surface area (Å²) in [5.74, 6) is 1.41. The van der Waals surface area contributed by atoms with Crippen molar-refractivity contribution in [1.82, 2.24) is 5.32 Å². The molecule has 0 saturated heterocycles. The van der Waals surface area contributed by atoms with Crippen LogP contribution in [0.1, 0.15) is 21.5 Å². The van der Waals surface area contributed by atoms with E-state index in [0.29, 0.717) is 13.2 Å². The van der Waals surface area contributed by atoms with E-state index in [1.807, 2.05) is 42.5 Å². The molecule has 3 aromatic rings. The minimum Gasteiger partial charge on any atom is -0.486 e. The SMILES string of the molecule is O=C(NC[C@H]1COc2ccccc2O1)c1ccc2c3c(cccc13)CC2. The van der Waals surface area contributed by atoms with Gasteiger partial charge >= 0.3 is 0 Å². The molecule has 0 bridgehead atoms. The molecule has 1 N–H and O–H groups in total. The molecular weight excluding hydrogens is 326 g/mol. The molecule has 4 heteroatoms. The average molecular weight is 345 g/mol. The molecule has 1 aliphatic heterocycles. The predicted molar refractivity (Wildman–Crippen MR) is 100 cm³/mol. The highest BCUT2D eigenvalue weighted by Gasteiger charge is 2.23. The van der Waals surface area contributed by atoms with Crippen LogP contribution in [0.25, 0.3) is 10.8 Å². The van der Waals surface area contributed by atoms with Crippen molar-refractivity contribution < 1.29 is 14.3 Å². The molecule has 5 rings (SSSR count). The van der Waals surface area contributed by atoms with E-state index in [1.165, 1.54) is 16.5 Å². The Bertz CT molecular complexity index is 1000. The highest BCUT2D eigenvalue weighted by Crippen LogP contribution is 2.33. The van der Waals surface area contributed by atoms with Crippen LogP contribution in [0.3, 0.4) is 0 Å². The first-order chi connectivity index (χ1) is 12.8. The fourth-order valence-corrected chi connectivity index (χ4v) is 3.91. The molecule has 1 aliphatic carbocycles. The Kier molecular flexibility index (Phi) is 3.56. The molecule has 4 nitrogen and oxygen atoms in total. The van der Waals surface area contributed by atoms with Gasteiger partial charge in [-0.25, -0.2) is 0 Å². The summed E-state index contributed by atoms with van der Waals surface area (Å²) in [5.41, 5.74) is 3.41. The Balaban J connectivity index is 1.34. The summed E-state index contributed by atoms with van der Waals surface area (Å²) in [7, 11) is 0. The number of para-hydroxylation sites is 2. The van der Waals surface area contributed by atoms with Crippen LogP contribution in [0, 0.1) is 0 Å². The van der Waals surface area contributed by atoms with E-state index < -0.39 is 0 Å². The van der Waals surface area contributed by atoms with Gasteiger partial charge in [-0.1, -0.05) is 36.4 Å². The molecule has 0 saturated carbocycles. The first-order valence-electron chi connectivity index (χ1n) is 9.00. The monoisotopic (exact) mass is 345 g/mol. The van der Waals surface area contributed by atoms with Gasteiger partial charge in [0, 0.05) is 5.56 Å². The van der Waals surface area contributed by atoms with E-state index in [1.54, 1.807) is 0 Å². The van der Waals surface area contributed by atoms with Gasteiger partial charge in [0.25, 0.3) is 5.91 Å². The molecule has 130 valence electrons. The zero-order valence-electron chi connectivity index (χ0n) is 14.3. The zero-order chi connectivity index (χ0) is 17.5. The van der Waals surface area contributed by atoms with Gasteiger partial charge in [0.1, 0.15) is 12.7 Å². The molecule has 2 aliphatic rings. The molecule has 26 heavy (non-hydrogen) atoms. The quantitative estimate of drug-likeness (QED) is 0.790. The number of benzene rings is 3. The van der Waals surface area contributed by atoms with Crippen LogP contribution in [-0.4, -0.2) is 25.2 Å². The minimum absolute atomic E-state index is 0.0666. The van der Waals surface area contributed by atoms with Crippen LogP contribution in [0.2, 0.25) is 0 Å². The molecular formula is C22H19NO3. The number of rotatable bonds is 3. The van der Waals surface area contributed by atoms with Crippen molar-refractivity contribution in [2.75, 3.05) is 13.2 Å². The summed E-state index contributed by atoms with van der Waals surface area (Å²) < 4.78 is 11.6. The number of hydrogen-bond donors (Lipinski definition) is 1. The van der Waals surface area contributed by atoms with Gasteiger partial charge in [-0.2, -0.15) is 0 Å². The van der Waals surface area contributed by atoms with Crippen molar-refractivity contribution in [3.63, 3.8) is 0 Å². The minimum atomic E-state index is -0.189. The topological polar surface area (TPSA) is 47.6 Å². The van der Waals surface area contributed by atoms with Crippen molar-refractivity contribution in [1.29, 1.82) is 0 Å². The molecule has 0 radical (unpaired) electrons. The van der Waals surface area contributed by atoms with E-state index in [-0.39, 0.29) is 12.0 Å². The van der Waals surface area contributed by atoms with Gasteiger partial charge in [0.15, 0.2) is 11.5 Å². The third kappa shape index (κ3) is 2.49. The van der Waals surface area contributed by atoms with E-state index in [0.717, 1.165) is 35.3 Å². The van der Waals surface area contributed by atoms with Gasteiger partial charge in [-0.05, 0) is 52.9 Å². The van der Waals surface area contributed by atoms with Crippen LogP contribution >= 0.6 is 0 Å². The Hall–Kier alpha value is -3.01. The summed E-state index contributed by atoms with van der Waals surface area (Å²) >= 11 is 0. The van der Waals surface area contributed by atoms with Crippen molar-refractivity contribution in [2.24, 2.45) is 0 Å². The second kappa shape index (κ2) is 6.06. The Morgan fingerprint density at radius 1 is 0.962 bits per heavy atom. The lowest BCUT2D eigenvalue weighted by molar-refractivity contribution is 0.0790. The maximum absolute atomic E-state index is 12.8. The normalized spacial score (nSPS) is 17.3. The summed E-state index contributed by atoms with van der Waals surface area (Å²) in [6.07, 6.45) is 1.93. The number of ether oxygens (including phenoxy) is 2. The zero-order valence-corrected chi connectivity index (χ0v) is 14.3. The highest BCUT2D eigenvalue weighted by atomic mass is 16.6. The summed E-state index contributed by atoms with van der Waals surface area (Å²) in [6, 6.07) is 17.9. The second-order valence-electron chi connectivity index (χ2n) is 6.82. The number of carbonyl (C=O) groups is 1. The van der Waals surface area contributed by atoms with E-state index in [4.69, 9.17) is 9.47 Å². The molecule has 0 spiro atoms. The van der Waals surface area contributed by atoms with E-state index in [2.05, 4.69) is 17.4 Å². The number of hydrogen-bond acceptors (Lipinski definition) is 3. The Morgan fingerprint density at radius 3 is 2.65 bits per heavy atom. The van der Waals surface area contributed by atoms with Crippen LogP contribution in [0.4, 0.5) is 0 Å². The third-order valence-corrected chi connectivity index (χ3v) is 5.18. The van der Waals surface area contributed by atoms with Crippen LogP contribution < -0.4 is 14.8 Å². The van der Waals surface area contributed by atoms with Crippen LogP contribution in [0.15, 0.2) is 54.6 Å². The second-order valence-corrected chi connectivity index (χ2v) is 6.82. The molecule has 1 atom stereocenters. The standard InChI is InChI=1S/C22H19NO3/c24-22(23-12-16-13-25-19-6-1-2-7-20(19)26-16)18-11-10-15-9-8-14-4-3-5-17(18)21(14)15/h1-7,10-11,16H,8-9,12-13H2,(H,23,24)/t16-/m0/s1. The predicted octanol–water partition coefficient (Wildman–Crippen LogP) is 3.51. The lowest BCUT2D eigenvalue weighted by atomic mass is 9.99. The molecule has 0 unspecified atom stereocenters. The van der Waals surface area contributed by atoms with Crippen molar-refractivity contribution in [3.8, 4) is 11.5 Å². The highest BCUT2D eigenvalue weighted by molar-refractivity contribution is 6.09. The van der Waals surface area contributed by atoms with Gasteiger partial charge in [-0.15, -0.1) is 0 Å². The first kappa shape index (κ1) is 15.3. The molecule has 1 amide bonds. The summed E-state index contributed by atoms with van der Waals surface area (Å²) in [5, 5.41) is 5.31. The molecule has 1 heterocycles. The Labute approximate surface area is 151 Å². The lowest BCUT2D eigenvalue weighted by Crippen LogP contribution is -2.40. The van der Waals surface area contributed by atoms with Gasteiger partial charge in [0.05, 0.1) is 6.54 Å². The van der Waals surface area contributed by atoms with Gasteiger partial charge < -0.3 is 14.8 Å². The number of carbonyl (C=O) groups excluding carboxylic acids is 1. The average Bonchev–Trinajstić information content (AvgIpc) is 3.11. The smallest absolute Gasteiger partial charge is 0.252 e. The van der Waals surface area contributed by atoms with Gasteiger partial charge in [0.2, 0.25) is 0 Å². The van der Waals surface area contributed by atoms with E-state index in [9.17, 15) is 4.79 Å². The van der Waals surface area contributed by atoms with Crippen molar-refractivity contribution in [3.05, 3.63) is 71.3 Å². The maximum atomic E-state index is 12.8. The van der Waals surface area contributed by atoms with E-state index >= 15 is 0 Å². The Morgan fingerprint density at radius 2 is 1.77 bits per heavy atom. The fourth-order valence-electron chi connectivity index (χ4n) is 3.91. The summed E-state index contributed by atoms with van der Waals surface area (Å²) in [4.78, 5) is 12.8. The third-order valence-electron chi connectivity index (χ3n) is 5.18. The molecule has 0 fully saturated rings. The summed E-state index contributed by atoms with van der Waals surface area (Å²) in [6.45, 7) is 0.844. The fraction of sp³-hybridized carbons (Fsp3) is 0.227. The van der Waals surface area contributed by atoms with Crippen LogP contribution in [0.5, 0.6) is 11.5 Å². The number of nitrogens with one attached hydrogen (secondary N) is 1. The molecule has 3 aromatic carbocycles. The first-order valence-corrected chi connectivity index (χ1v) is 9.00. The largest absolute Gasteiger partial charge is 0.486 e.